The molecule has 0 radical (unpaired) electrons. The maximum atomic E-state index is 5.12. The summed E-state index contributed by atoms with van der Waals surface area (Å²) in [4.78, 5) is 5.12. The number of para-hydroxylation sites is 3. The van der Waals surface area contributed by atoms with Crippen LogP contribution in [-0.2, 0) is 0 Å². The Morgan fingerprint density at radius 1 is 0.405 bits per heavy atom. The first-order chi connectivity index (χ1) is 20.9. The van der Waals surface area contributed by atoms with Crippen LogP contribution in [-0.4, -0.2) is 14.1 Å². The van der Waals surface area contributed by atoms with E-state index in [0.717, 1.165) is 22.6 Å². The first-order valence-corrected chi connectivity index (χ1v) is 14.3. The highest BCUT2D eigenvalue weighted by atomic mass is 15.1. The zero-order chi connectivity index (χ0) is 27.6. The molecule has 0 spiro atoms. The minimum absolute atomic E-state index is 0.905. The first-order valence-electron chi connectivity index (χ1n) is 14.3. The van der Waals surface area contributed by atoms with Crippen LogP contribution in [0.15, 0.2) is 152 Å². The fourth-order valence-electron chi connectivity index (χ4n) is 6.74. The Hall–Kier alpha value is -5.67. The first kappa shape index (κ1) is 23.1. The zero-order valence-corrected chi connectivity index (χ0v) is 22.8. The normalized spacial score (nSPS) is 11.8. The van der Waals surface area contributed by atoms with Crippen LogP contribution >= 0.6 is 0 Å². The largest absolute Gasteiger partial charge is 0.307 e. The van der Waals surface area contributed by atoms with Crippen molar-refractivity contribution in [3.63, 3.8) is 0 Å². The van der Waals surface area contributed by atoms with Crippen molar-refractivity contribution in [2.24, 2.45) is 0 Å². The van der Waals surface area contributed by atoms with Crippen molar-refractivity contribution in [1.29, 1.82) is 0 Å². The van der Waals surface area contributed by atoms with Crippen LogP contribution in [0.1, 0.15) is 0 Å². The summed E-state index contributed by atoms with van der Waals surface area (Å²) < 4.78 is 4.76. The molecule has 0 bridgehead atoms. The lowest BCUT2D eigenvalue weighted by Gasteiger charge is -2.12. The zero-order valence-electron chi connectivity index (χ0n) is 22.8. The number of hydrogen-bond donors (Lipinski definition) is 0. The van der Waals surface area contributed by atoms with E-state index in [9.17, 15) is 0 Å². The Bertz CT molecular complexity index is 2440. The number of pyridine rings is 1. The number of hydrogen-bond acceptors (Lipinski definition) is 1. The van der Waals surface area contributed by atoms with Crippen LogP contribution in [0.5, 0.6) is 0 Å². The van der Waals surface area contributed by atoms with Crippen LogP contribution in [0, 0.1) is 0 Å². The second-order valence-corrected chi connectivity index (χ2v) is 10.8. The third-order valence-corrected chi connectivity index (χ3v) is 8.56. The molecule has 6 aromatic carbocycles. The van der Waals surface area contributed by atoms with E-state index in [4.69, 9.17) is 4.98 Å². The Kier molecular flexibility index (Phi) is 4.90. The quantitative estimate of drug-likeness (QED) is 0.221. The average molecular weight is 536 g/mol. The molecule has 3 nitrogen and oxygen atoms in total. The van der Waals surface area contributed by atoms with Gasteiger partial charge < -0.3 is 4.57 Å². The van der Waals surface area contributed by atoms with Crippen molar-refractivity contribution in [3.05, 3.63) is 152 Å². The minimum Gasteiger partial charge on any atom is -0.307 e. The number of nitrogens with zero attached hydrogens (tertiary/aromatic N) is 3. The molecule has 3 aromatic heterocycles. The van der Waals surface area contributed by atoms with Crippen molar-refractivity contribution in [2.75, 3.05) is 0 Å². The van der Waals surface area contributed by atoms with Gasteiger partial charge >= 0.3 is 0 Å². The van der Waals surface area contributed by atoms with E-state index >= 15 is 0 Å². The van der Waals surface area contributed by atoms with Crippen LogP contribution in [0.25, 0.3) is 77.0 Å². The summed E-state index contributed by atoms with van der Waals surface area (Å²) in [5.41, 5.74) is 8.15. The van der Waals surface area contributed by atoms with Gasteiger partial charge in [0, 0.05) is 39.0 Å². The number of rotatable bonds is 3. The number of aromatic nitrogens is 3. The lowest BCUT2D eigenvalue weighted by atomic mass is 10.00. The van der Waals surface area contributed by atoms with Gasteiger partial charge in [-0.25, -0.2) is 4.98 Å². The van der Waals surface area contributed by atoms with Gasteiger partial charge in [0.2, 0.25) is 0 Å². The molecule has 0 amide bonds. The Balaban J connectivity index is 1.38. The van der Waals surface area contributed by atoms with Crippen molar-refractivity contribution in [1.82, 2.24) is 14.1 Å². The second kappa shape index (κ2) is 8.92. The second-order valence-electron chi connectivity index (χ2n) is 10.8. The molecule has 0 fully saturated rings. The highest BCUT2D eigenvalue weighted by Crippen LogP contribution is 2.41. The van der Waals surface area contributed by atoms with Crippen LogP contribution in [0.4, 0.5) is 0 Å². The molecule has 9 aromatic rings. The van der Waals surface area contributed by atoms with Crippen LogP contribution in [0.3, 0.4) is 0 Å². The van der Waals surface area contributed by atoms with E-state index in [1.807, 2.05) is 6.20 Å². The maximum absolute atomic E-state index is 5.12. The Labute approximate surface area is 242 Å². The molecule has 0 aliphatic carbocycles. The number of benzene rings is 6. The maximum Gasteiger partial charge on any atom is 0.137 e. The standard InChI is InChI=1S/C39H25N3/c1-2-13-28(14-3-1)41-35-19-8-6-16-31(35)33-22-23-34-32-17-7-9-20-36(32)42(39(34)38(33)41)37-24-21-27(25-40-37)30-18-10-12-26-11-4-5-15-29(26)30/h1-25H. The molecule has 0 aliphatic heterocycles. The van der Waals surface area contributed by atoms with Gasteiger partial charge in [-0.1, -0.05) is 109 Å². The molecule has 0 N–H and O–H groups in total. The predicted molar refractivity (Wildman–Crippen MR) is 176 cm³/mol. The molecule has 3 heterocycles. The molecule has 0 saturated heterocycles. The Morgan fingerprint density at radius 3 is 1.71 bits per heavy atom. The lowest BCUT2D eigenvalue weighted by Crippen LogP contribution is -2.00. The van der Waals surface area contributed by atoms with Gasteiger partial charge in [-0.3, -0.25) is 4.57 Å². The average Bonchev–Trinajstić information content (AvgIpc) is 3.58. The molecule has 0 atom stereocenters. The van der Waals surface area contributed by atoms with Crippen molar-refractivity contribution in [2.45, 2.75) is 0 Å². The molecule has 0 aliphatic rings. The third kappa shape index (κ3) is 3.25. The summed E-state index contributed by atoms with van der Waals surface area (Å²) in [6.45, 7) is 0. The summed E-state index contributed by atoms with van der Waals surface area (Å²) in [6.07, 6.45) is 2.02. The SMILES string of the molecule is c1ccc(-n2c3ccccc3c3ccc4c5ccccc5n(-c5ccc(-c6cccc7ccccc67)cn5)c4c32)cc1. The molecule has 9 rings (SSSR count). The highest BCUT2D eigenvalue weighted by molar-refractivity contribution is 6.23. The van der Waals surface area contributed by atoms with E-state index in [0.29, 0.717) is 0 Å². The van der Waals surface area contributed by atoms with Crippen LogP contribution < -0.4 is 0 Å². The van der Waals surface area contributed by atoms with Crippen molar-refractivity contribution < 1.29 is 0 Å². The smallest absolute Gasteiger partial charge is 0.137 e. The van der Waals surface area contributed by atoms with Crippen LogP contribution in [0.2, 0.25) is 0 Å². The van der Waals surface area contributed by atoms with Gasteiger partial charge in [0.05, 0.1) is 22.1 Å². The molecule has 0 saturated carbocycles. The van der Waals surface area contributed by atoms with Gasteiger partial charge in [0.15, 0.2) is 0 Å². The van der Waals surface area contributed by atoms with Gasteiger partial charge in [0.1, 0.15) is 5.82 Å². The van der Waals surface area contributed by atoms with Gasteiger partial charge in [-0.15, -0.1) is 0 Å². The summed E-state index contributed by atoms with van der Waals surface area (Å²) in [6, 6.07) is 52.0. The summed E-state index contributed by atoms with van der Waals surface area (Å²) in [5.74, 6) is 0.905. The minimum atomic E-state index is 0.905. The van der Waals surface area contributed by atoms with Gasteiger partial charge in [0.25, 0.3) is 0 Å². The highest BCUT2D eigenvalue weighted by Gasteiger charge is 2.21. The molecular weight excluding hydrogens is 510 g/mol. The molecule has 3 heteroatoms. The van der Waals surface area contributed by atoms with E-state index < -0.39 is 0 Å². The van der Waals surface area contributed by atoms with E-state index in [1.54, 1.807) is 0 Å². The monoisotopic (exact) mass is 535 g/mol. The third-order valence-electron chi connectivity index (χ3n) is 8.56. The summed E-state index contributed by atoms with van der Waals surface area (Å²) in [5, 5.41) is 7.39. The molecule has 0 unspecified atom stereocenters. The van der Waals surface area contributed by atoms with E-state index in [1.165, 1.54) is 54.4 Å². The molecule has 196 valence electrons. The Morgan fingerprint density at radius 2 is 1.00 bits per heavy atom. The fourth-order valence-corrected chi connectivity index (χ4v) is 6.74. The van der Waals surface area contributed by atoms with Crippen molar-refractivity contribution in [3.8, 4) is 22.6 Å². The van der Waals surface area contributed by atoms with E-state index in [-0.39, 0.29) is 0 Å². The molecular formula is C39H25N3. The van der Waals surface area contributed by atoms with E-state index in [2.05, 4.69) is 155 Å². The fraction of sp³-hybridized carbons (Fsp3) is 0. The van der Waals surface area contributed by atoms with Gasteiger partial charge in [-0.2, -0.15) is 0 Å². The lowest BCUT2D eigenvalue weighted by molar-refractivity contribution is 1.08. The van der Waals surface area contributed by atoms with Crippen molar-refractivity contribution >= 4 is 54.4 Å². The molecule has 42 heavy (non-hydrogen) atoms. The summed E-state index contributed by atoms with van der Waals surface area (Å²) in [7, 11) is 0. The predicted octanol–water partition coefficient (Wildman–Crippen LogP) is 10.1. The topological polar surface area (TPSA) is 22.8 Å². The summed E-state index contributed by atoms with van der Waals surface area (Å²) >= 11 is 0. The number of fused-ring (bicyclic) bond motifs is 8. The van der Waals surface area contributed by atoms with Gasteiger partial charge in [-0.05, 0) is 52.7 Å².